The zero-order valence-corrected chi connectivity index (χ0v) is 34.8. The van der Waals surface area contributed by atoms with Gasteiger partial charge in [-0.25, -0.2) is 4.79 Å². The minimum atomic E-state index is -0.536. The van der Waals surface area contributed by atoms with Crippen LogP contribution in [0.1, 0.15) is 77.7 Å². The highest BCUT2D eigenvalue weighted by atomic mass is 16.6. The maximum absolute atomic E-state index is 13.0. The van der Waals surface area contributed by atoms with Gasteiger partial charge in [0.1, 0.15) is 18.8 Å². The van der Waals surface area contributed by atoms with Crippen molar-refractivity contribution in [2.45, 2.75) is 103 Å². The van der Waals surface area contributed by atoms with Crippen LogP contribution in [0.5, 0.6) is 0 Å². The van der Waals surface area contributed by atoms with Crippen LogP contribution in [0.4, 0.5) is 0 Å². The molecule has 0 heterocycles. The summed E-state index contributed by atoms with van der Waals surface area (Å²) in [6.45, 7) is 10.1. The second-order valence-corrected chi connectivity index (χ2v) is 14.2. The Labute approximate surface area is 340 Å². The molecule has 57 heavy (non-hydrogen) atoms. The van der Waals surface area contributed by atoms with E-state index in [0.717, 1.165) is 12.0 Å². The number of rotatable bonds is 35. The van der Waals surface area contributed by atoms with E-state index in [4.69, 9.17) is 47.4 Å². The Morgan fingerprint density at radius 1 is 0.719 bits per heavy atom. The molecule has 0 spiro atoms. The maximum Gasteiger partial charge on any atom is 0.332 e. The first-order chi connectivity index (χ1) is 27.7. The van der Waals surface area contributed by atoms with E-state index in [1.807, 2.05) is 56.3 Å². The number of methoxy groups -OCH3 is 1. The van der Waals surface area contributed by atoms with E-state index in [9.17, 15) is 19.5 Å². The summed E-state index contributed by atoms with van der Waals surface area (Å²) in [5, 5.41) is 10.9. The maximum atomic E-state index is 13.0. The number of ether oxygens (including phenoxy) is 10. The number of hydrogen-bond donors (Lipinski definition) is 1. The van der Waals surface area contributed by atoms with Crippen molar-refractivity contribution >= 4 is 17.9 Å². The van der Waals surface area contributed by atoms with Gasteiger partial charge in [-0.15, -0.1) is 0 Å². The highest BCUT2D eigenvalue weighted by molar-refractivity contribution is 5.71. The molecule has 1 aliphatic carbocycles. The van der Waals surface area contributed by atoms with Crippen LogP contribution in [0.25, 0.3) is 0 Å². The molecular formula is C43H70O14. The Morgan fingerprint density at radius 3 is 1.84 bits per heavy atom. The average Bonchev–Trinajstić information content (AvgIpc) is 3.49. The number of carbonyl (C=O) groups is 3. The lowest BCUT2D eigenvalue weighted by atomic mass is 9.85. The first-order valence-electron chi connectivity index (χ1n) is 20.6. The van der Waals surface area contributed by atoms with Crippen LogP contribution in [-0.4, -0.2) is 140 Å². The molecule has 0 aromatic heterocycles. The molecule has 1 fully saturated rings. The number of aryl methyl sites for hydroxylation is 1. The van der Waals surface area contributed by atoms with Gasteiger partial charge in [0.25, 0.3) is 0 Å². The third kappa shape index (κ3) is 25.9. The second kappa shape index (κ2) is 32.9. The van der Waals surface area contributed by atoms with Gasteiger partial charge < -0.3 is 52.5 Å². The van der Waals surface area contributed by atoms with Gasteiger partial charge in [0.05, 0.1) is 91.5 Å². The second-order valence-electron chi connectivity index (χ2n) is 14.2. The molecule has 0 saturated heterocycles. The van der Waals surface area contributed by atoms with Crippen LogP contribution in [0.3, 0.4) is 0 Å². The first kappa shape index (κ1) is 50.2. The van der Waals surface area contributed by atoms with Crippen LogP contribution in [0.15, 0.2) is 42.5 Å². The summed E-state index contributed by atoms with van der Waals surface area (Å²) in [7, 11) is 1.63. The third-order valence-electron chi connectivity index (χ3n) is 9.22. The molecule has 0 bridgehead atoms. The summed E-state index contributed by atoms with van der Waals surface area (Å²) >= 11 is 0. The molecule has 0 radical (unpaired) electrons. The van der Waals surface area contributed by atoms with Crippen LogP contribution in [0, 0.1) is 11.8 Å². The molecule has 14 heteroatoms. The average molecular weight is 811 g/mol. The summed E-state index contributed by atoms with van der Waals surface area (Å²) in [6.07, 6.45) is 7.58. The molecule has 0 aliphatic heterocycles. The molecule has 1 N–H and O–H groups in total. The van der Waals surface area contributed by atoms with Gasteiger partial charge in [-0.2, -0.15) is 0 Å². The Kier molecular flexibility index (Phi) is 29.0. The number of esters is 3. The minimum Gasteiger partial charge on any atom is -0.463 e. The fourth-order valence-electron chi connectivity index (χ4n) is 6.51. The summed E-state index contributed by atoms with van der Waals surface area (Å²) in [5.74, 6) is -1.38. The van der Waals surface area contributed by atoms with Gasteiger partial charge in [-0.05, 0) is 64.4 Å². The van der Waals surface area contributed by atoms with E-state index in [1.165, 1.54) is 6.92 Å². The molecule has 326 valence electrons. The molecule has 1 aromatic rings. The minimum absolute atomic E-state index is 0.116. The number of aliphatic hydroxyl groups excluding tert-OH is 1. The molecule has 1 aromatic carbocycles. The lowest BCUT2D eigenvalue weighted by molar-refractivity contribution is -0.157. The highest BCUT2D eigenvalue weighted by Gasteiger charge is 2.46. The van der Waals surface area contributed by atoms with E-state index in [-0.39, 0.29) is 43.7 Å². The highest BCUT2D eigenvalue weighted by Crippen LogP contribution is 2.42. The Balaban J connectivity index is 1.75. The van der Waals surface area contributed by atoms with Crippen LogP contribution in [-0.2, 0) is 68.2 Å². The largest absolute Gasteiger partial charge is 0.463 e. The van der Waals surface area contributed by atoms with E-state index in [1.54, 1.807) is 7.11 Å². The normalized spacial score (nSPS) is 18.6. The van der Waals surface area contributed by atoms with Crippen molar-refractivity contribution in [3.05, 3.63) is 48.0 Å². The van der Waals surface area contributed by atoms with Gasteiger partial charge in [0.15, 0.2) is 0 Å². The van der Waals surface area contributed by atoms with Gasteiger partial charge in [-0.3, -0.25) is 9.59 Å². The molecule has 0 unspecified atom stereocenters. The zero-order valence-electron chi connectivity index (χ0n) is 34.8. The number of hydrogen-bond acceptors (Lipinski definition) is 14. The van der Waals surface area contributed by atoms with Crippen molar-refractivity contribution in [2.24, 2.45) is 11.8 Å². The fourth-order valence-corrected chi connectivity index (χ4v) is 6.51. The molecular weight excluding hydrogens is 740 g/mol. The molecule has 5 atom stereocenters. The summed E-state index contributed by atoms with van der Waals surface area (Å²) in [5.41, 5.74) is 1.16. The molecule has 14 nitrogen and oxygen atoms in total. The number of unbranched alkanes of at least 4 members (excludes halogenated alkanes) is 1. The fraction of sp³-hybridized carbons (Fsp3) is 0.744. The Bertz CT molecular complexity index is 1200. The van der Waals surface area contributed by atoms with E-state index in [2.05, 4.69) is 0 Å². The van der Waals surface area contributed by atoms with Crippen molar-refractivity contribution in [3.63, 3.8) is 0 Å². The third-order valence-corrected chi connectivity index (χ3v) is 9.22. The lowest BCUT2D eigenvalue weighted by Crippen LogP contribution is -2.29. The lowest BCUT2D eigenvalue weighted by Gasteiger charge is -2.26. The van der Waals surface area contributed by atoms with E-state index in [0.29, 0.717) is 117 Å². The number of allylic oxidation sites excluding steroid dienone is 2. The van der Waals surface area contributed by atoms with Gasteiger partial charge in [0.2, 0.25) is 0 Å². The van der Waals surface area contributed by atoms with E-state index >= 15 is 0 Å². The smallest absolute Gasteiger partial charge is 0.332 e. The molecule has 1 saturated carbocycles. The van der Waals surface area contributed by atoms with Gasteiger partial charge in [0, 0.05) is 38.7 Å². The number of carbonyl (C=O) groups excluding carboxylic acids is 3. The topological polar surface area (TPSA) is 164 Å². The zero-order chi connectivity index (χ0) is 41.4. The molecule has 2 rings (SSSR count). The predicted octanol–water partition coefficient (Wildman–Crippen LogP) is 5.05. The summed E-state index contributed by atoms with van der Waals surface area (Å²) in [4.78, 5) is 37.0. The number of aliphatic hydroxyl groups is 1. The van der Waals surface area contributed by atoms with Crippen molar-refractivity contribution in [3.8, 4) is 0 Å². The van der Waals surface area contributed by atoms with E-state index < -0.39 is 30.3 Å². The van der Waals surface area contributed by atoms with Gasteiger partial charge in [-0.1, -0.05) is 42.5 Å². The van der Waals surface area contributed by atoms with Crippen molar-refractivity contribution < 1.29 is 66.9 Å². The SMILES string of the molecule is COCCOCCOCCOCCOCCOCCOCC(=O)O[C@@H]1C[C@H](OC(C)=O)[C@H](C/C=C\CCCC(=O)OC(C)C)[C@H]1CC[C@@H](O)CCc1ccccc1. The van der Waals surface area contributed by atoms with Crippen molar-refractivity contribution in [1.82, 2.24) is 0 Å². The monoisotopic (exact) mass is 810 g/mol. The molecule has 1 aliphatic rings. The van der Waals surface area contributed by atoms with Crippen LogP contribution >= 0.6 is 0 Å². The summed E-state index contributed by atoms with van der Waals surface area (Å²) < 4.78 is 54.7. The Hall–Kier alpha value is -2.95. The van der Waals surface area contributed by atoms with Gasteiger partial charge >= 0.3 is 17.9 Å². The summed E-state index contributed by atoms with van der Waals surface area (Å²) in [6, 6.07) is 10.0. The van der Waals surface area contributed by atoms with Crippen LogP contribution in [0.2, 0.25) is 0 Å². The quantitative estimate of drug-likeness (QED) is 0.0419. The predicted molar refractivity (Wildman–Crippen MR) is 213 cm³/mol. The first-order valence-corrected chi connectivity index (χ1v) is 20.6. The van der Waals surface area contributed by atoms with Crippen molar-refractivity contribution in [2.75, 3.05) is 93.0 Å². The van der Waals surface area contributed by atoms with Crippen molar-refractivity contribution in [1.29, 1.82) is 0 Å². The standard InChI is InChI=1S/C43H70O14/c1-34(2)55-42(46)15-11-6-5-10-14-38-39(19-18-37(45)17-16-36-12-8-7-9-13-36)41(32-40(38)56-35(3)44)57-43(47)33-54-31-30-53-29-28-52-27-26-51-25-24-50-23-22-49-21-20-48-4/h5,7-10,12-13,34,37-41,45H,6,11,14-33H2,1-4H3/b10-5-/t37-,38+,39+,40-,41+/m0/s1. The Morgan fingerprint density at radius 2 is 1.28 bits per heavy atom. The molecule has 0 amide bonds. The number of benzene rings is 1. The van der Waals surface area contributed by atoms with Crippen LogP contribution < -0.4 is 0 Å².